The number of nitrogens with one attached hydrogen (secondary N) is 1. The predicted octanol–water partition coefficient (Wildman–Crippen LogP) is 9.05. The van der Waals surface area contributed by atoms with E-state index in [9.17, 15) is 61.0 Å². The molecule has 0 spiro atoms. The maximum atomic E-state index is 13.3. The van der Waals surface area contributed by atoms with Gasteiger partial charge in [0.05, 0.1) is 38.6 Å². The number of hydrogen-bond acceptors (Lipinski definition) is 18. The van der Waals surface area contributed by atoms with Crippen LogP contribution in [0.3, 0.4) is 0 Å². The van der Waals surface area contributed by atoms with Crippen molar-refractivity contribution in [2.24, 2.45) is 0 Å². The second kappa shape index (κ2) is 50.8. The van der Waals surface area contributed by atoms with Crippen LogP contribution in [-0.2, 0) is 33.2 Å². The maximum Gasteiger partial charge on any atom is 0.220 e. The molecular weight excluding hydrogens is 1120 g/mol. The molecule has 512 valence electrons. The van der Waals surface area contributed by atoms with Gasteiger partial charge in [0.15, 0.2) is 18.9 Å². The average molecular weight is 1250 g/mol. The standard InChI is InChI=1S/C68H127NO18/c1-3-5-7-9-11-13-15-17-18-19-20-21-22-23-24-25-26-27-28-29-30-31-32-34-35-37-39-41-43-45-52(73)51(69-56(74)46-44-42-40-38-36-33-16-14-12-10-8-6-4-2)50-82-66-62(80)59(77)64(54(48-71)84-66)87-68-63(81)60(78)65(55(49-72)85-68)86-67-61(79)58(76)57(75)53(47-70)83-67/h35,37,43,45,51-55,57-68,70-73,75-81H,3-34,36,38-42,44,46-50H2,1-2H3,(H,69,74)/b37-35+,45-43+. The van der Waals surface area contributed by atoms with Crippen molar-refractivity contribution >= 4 is 5.91 Å². The fourth-order valence-corrected chi connectivity index (χ4v) is 12.0. The van der Waals surface area contributed by atoms with E-state index in [2.05, 4.69) is 31.3 Å². The third-order valence-electron chi connectivity index (χ3n) is 17.8. The SMILES string of the molecule is CCCCCCCCCCCCCCCCCCCCCCCCC/C=C/CC/C=C/C(O)C(COC1OC(CO)C(OC2OC(CO)C(OC3OC(CO)C(O)C(O)C3O)C(O)C2O)C(O)C1O)NC(=O)CCCCCCCCCCCCCCC. The maximum absolute atomic E-state index is 13.3. The smallest absolute Gasteiger partial charge is 0.220 e. The van der Waals surface area contributed by atoms with Crippen LogP contribution < -0.4 is 5.32 Å². The van der Waals surface area contributed by atoms with Crippen molar-refractivity contribution in [3.63, 3.8) is 0 Å². The molecule has 0 saturated carbocycles. The van der Waals surface area contributed by atoms with Crippen LogP contribution in [0.15, 0.2) is 24.3 Å². The van der Waals surface area contributed by atoms with Gasteiger partial charge in [0.2, 0.25) is 5.91 Å². The van der Waals surface area contributed by atoms with Crippen LogP contribution in [0.4, 0.5) is 0 Å². The summed E-state index contributed by atoms with van der Waals surface area (Å²) in [6.07, 6.45) is 30.4. The van der Waals surface area contributed by atoms with E-state index < -0.39 is 124 Å². The minimum absolute atomic E-state index is 0.240. The molecule has 0 aliphatic carbocycles. The number of amides is 1. The molecule has 0 aromatic heterocycles. The summed E-state index contributed by atoms with van der Waals surface area (Å²) in [5.41, 5.74) is 0. The van der Waals surface area contributed by atoms with Gasteiger partial charge in [0.1, 0.15) is 73.2 Å². The second-order valence-corrected chi connectivity index (χ2v) is 25.3. The van der Waals surface area contributed by atoms with Crippen LogP contribution in [0, 0.1) is 0 Å². The molecule has 0 aromatic rings. The van der Waals surface area contributed by atoms with Crippen molar-refractivity contribution in [2.45, 2.75) is 375 Å². The van der Waals surface area contributed by atoms with Gasteiger partial charge in [-0.25, -0.2) is 0 Å². The van der Waals surface area contributed by atoms with Crippen LogP contribution in [0.1, 0.15) is 271 Å². The molecule has 17 unspecified atom stereocenters. The van der Waals surface area contributed by atoms with E-state index >= 15 is 0 Å². The minimum Gasteiger partial charge on any atom is -0.394 e. The molecule has 12 N–H and O–H groups in total. The fraction of sp³-hybridized carbons (Fsp3) is 0.926. The first-order valence-electron chi connectivity index (χ1n) is 35.1. The number of allylic oxidation sites excluding steroid dienone is 3. The molecule has 0 aromatic carbocycles. The Morgan fingerprint density at radius 2 is 0.736 bits per heavy atom. The summed E-state index contributed by atoms with van der Waals surface area (Å²) in [5.74, 6) is -0.283. The summed E-state index contributed by atoms with van der Waals surface area (Å²) in [6, 6.07) is -0.986. The van der Waals surface area contributed by atoms with Gasteiger partial charge in [-0.3, -0.25) is 4.79 Å². The molecule has 3 rings (SSSR count). The van der Waals surface area contributed by atoms with Crippen LogP contribution >= 0.6 is 0 Å². The molecule has 19 nitrogen and oxygen atoms in total. The highest BCUT2D eigenvalue weighted by atomic mass is 16.8. The summed E-state index contributed by atoms with van der Waals surface area (Å²) in [7, 11) is 0. The Morgan fingerprint density at radius 3 is 1.15 bits per heavy atom. The van der Waals surface area contributed by atoms with Crippen molar-refractivity contribution in [3.05, 3.63) is 24.3 Å². The lowest BCUT2D eigenvalue weighted by Gasteiger charge is -2.48. The first kappa shape index (κ1) is 79.5. The third-order valence-corrected chi connectivity index (χ3v) is 17.8. The van der Waals surface area contributed by atoms with Crippen molar-refractivity contribution in [2.75, 3.05) is 26.4 Å². The molecule has 87 heavy (non-hydrogen) atoms. The number of unbranched alkanes of at least 4 members (excludes halogenated alkanes) is 36. The van der Waals surface area contributed by atoms with Gasteiger partial charge in [0.25, 0.3) is 0 Å². The number of aliphatic hydroxyl groups excluding tert-OH is 11. The van der Waals surface area contributed by atoms with E-state index in [-0.39, 0.29) is 18.9 Å². The molecule has 3 saturated heterocycles. The lowest BCUT2D eigenvalue weighted by Crippen LogP contribution is -2.66. The Balaban J connectivity index is 1.41. The Hall–Kier alpha value is -1.73. The molecule has 1 amide bonds. The zero-order valence-electron chi connectivity index (χ0n) is 54.0. The van der Waals surface area contributed by atoms with Crippen molar-refractivity contribution < 1.29 is 89.4 Å². The van der Waals surface area contributed by atoms with Gasteiger partial charge in [-0.15, -0.1) is 0 Å². The highest BCUT2D eigenvalue weighted by Crippen LogP contribution is 2.33. The Morgan fingerprint density at radius 1 is 0.402 bits per heavy atom. The van der Waals surface area contributed by atoms with Gasteiger partial charge in [-0.05, 0) is 32.1 Å². The fourth-order valence-electron chi connectivity index (χ4n) is 12.0. The molecule has 3 aliphatic rings. The van der Waals surface area contributed by atoms with E-state index in [4.69, 9.17) is 28.4 Å². The average Bonchev–Trinajstić information content (AvgIpc) is 2.08. The largest absolute Gasteiger partial charge is 0.394 e. The Kier molecular flexibility index (Phi) is 46.4. The van der Waals surface area contributed by atoms with Crippen LogP contribution in [-0.4, -0.2) is 193 Å². The van der Waals surface area contributed by atoms with Crippen LogP contribution in [0.25, 0.3) is 0 Å². The Labute approximate surface area is 524 Å². The van der Waals surface area contributed by atoms with E-state index in [1.807, 2.05) is 6.08 Å². The Bertz CT molecular complexity index is 1680. The zero-order chi connectivity index (χ0) is 63.3. The number of ether oxygens (including phenoxy) is 6. The summed E-state index contributed by atoms with van der Waals surface area (Å²) in [5, 5.41) is 120. The van der Waals surface area contributed by atoms with Crippen molar-refractivity contribution in [1.82, 2.24) is 5.32 Å². The monoisotopic (exact) mass is 1250 g/mol. The lowest BCUT2D eigenvalue weighted by molar-refractivity contribution is -0.379. The number of aliphatic hydroxyl groups is 11. The van der Waals surface area contributed by atoms with E-state index in [0.29, 0.717) is 12.8 Å². The minimum atomic E-state index is -1.98. The predicted molar refractivity (Wildman–Crippen MR) is 337 cm³/mol. The topological polar surface area (TPSA) is 307 Å². The highest BCUT2D eigenvalue weighted by molar-refractivity contribution is 5.76. The lowest BCUT2D eigenvalue weighted by atomic mass is 9.96. The summed E-state index contributed by atoms with van der Waals surface area (Å²) < 4.78 is 34.3. The first-order valence-corrected chi connectivity index (χ1v) is 35.1. The van der Waals surface area contributed by atoms with Crippen LogP contribution in [0.5, 0.6) is 0 Å². The number of carbonyl (C=O) groups is 1. The second-order valence-electron chi connectivity index (χ2n) is 25.3. The molecule has 3 fully saturated rings. The molecule has 0 radical (unpaired) electrons. The van der Waals surface area contributed by atoms with E-state index in [0.717, 1.165) is 38.5 Å². The summed E-state index contributed by atoms with van der Waals surface area (Å²) >= 11 is 0. The van der Waals surface area contributed by atoms with Crippen molar-refractivity contribution in [3.8, 4) is 0 Å². The molecule has 19 heteroatoms. The third kappa shape index (κ3) is 33.1. The van der Waals surface area contributed by atoms with Gasteiger partial charge in [0, 0.05) is 6.42 Å². The highest BCUT2D eigenvalue weighted by Gasteiger charge is 2.53. The first-order chi connectivity index (χ1) is 42.3. The molecule has 3 aliphatic heterocycles. The molecule has 3 heterocycles. The van der Waals surface area contributed by atoms with Crippen molar-refractivity contribution in [1.29, 1.82) is 0 Å². The van der Waals surface area contributed by atoms with Gasteiger partial charge in [-0.1, -0.05) is 256 Å². The normalized spacial score (nSPS) is 28.7. The van der Waals surface area contributed by atoms with Gasteiger partial charge in [-0.2, -0.15) is 0 Å². The van der Waals surface area contributed by atoms with Gasteiger partial charge >= 0.3 is 0 Å². The molecular formula is C68H127NO18. The number of carbonyl (C=O) groups excluding carboxylic acids is 1. The van der Waals surface area contributed by atoms with Crippen LogP contribution in [0.2, 0.25) is 0 Å². The zero-order valence-corrected chi connectivity index (χ0v) is 54.0. The molecule has 17 atom stereocenters. The number of hydrogen-bond donors (Lipinski definition) is 12. The number of rotatable bonds is 54. The van der Waals surface area contributed by atoms with E-state index in [1.165, 1.54) is 199 Å². The van der Waals surface area contributed by atoms with E-state index in [1.54, 1.807) is 6.08 Å². The van der Waals surface area contributed by atoms with Gasteiger partial charge < -0.3 is 89.9 Å². The summed E-state index contributed by atoms with van der Waals surface area (Å²) in [4.78, 5) is 13.3. The quantitative estimate of drug-likeness (QED) is 0.0200. The molecule has 0 bridgehead atoms. The summed E-state index contributed by atoms with van der Waals surface area (Å²) in [6.45, 7) is 1.73.